The highest BCUT2D eigenvalue weighted by Crippen LogP contribution is 2.29. The minimum atomic E-state index is 0.569. The first-order chi connectivity index (χ1) is 8.68. The molecule has 1 aromatic carbocycles. The van der Waals surface area contributed by atoms with Crippen molar-refractivity contribution in [3.05, 3.63) is 41.3 Å². The molecule has 2 aromatic rings. The molecule has 96 valence electrons. The molecule has 0 fully saturated rings. The molecular weight excluding hydrogens is 238 g/mol. The molecule has 0 aliphatic rings. The van der Waals surface area contributed by atoms with E-state index in [1.807, 2.05) is 11.3 Å². The van der Waals surface area contributed by atoms with E-state index in [1.54, 1.807) is 0 Å². The third-order valence-electron chi connectivity index (χ3n) is 3.05. The zero-order valence-corrected chi connectivity index (χ0v) is 12.2. The Kier molecular flexibility index (Phi) is 4.56. The van der Waals surface area contributed by atoms with E-state index in [1.165, 1.54) is 21.2 Å². The van der Waals surface area contributed by atoms with Gasteiger partial charge in [0.05, 0.1) is 0 Å². The van der Waals surface area contributed by atoms with Crippen molar-refractivity contribution in [2.75, 3.05) is 6.54 Å². The summed E-state index contributed by atoms with van der Waals surface area (Å²) in [6.07, 6.45) is 3.43. The Bertz CT molecular complexity index is 537. The molecule has 1 nitrogen and oxygen atoms in total. The van der Waals surface area contributed by atoms with Gasteiger partial charge in [-0.25, -0.2) is 0 Å². The molecule has 2 rings (SSSR count). The summed E-state index contributed by atoms with van der Waals surface area (Å²) in [4.78, 5) is 0. The molecule has 0 aliphatic carbocycles. The van der Waals surface area contributed by atoms with Crippen molar-refractivity contribution < 1.29 is 0 Å². The van der Waals surface area contributed by atoms with Crippen molar-refractivity contribution in [3.8, 4) is 0 Å². The molecule has 0 atom stereocenters. The van der Waals surface area contributed by atoms with Crippen LogP contribution in [0.5, 0.6) is 0 Å². The predicted octanol–water partition coefficient (Wildman–Crippen LogP) is 4.69. The molecular formula is C16H21NS. The second kappa shape index (κ2) is 6.17. The Morgan fingerprint density at radius 2 is 2.17 bits per heavy atom. The summed E-state index contributed by atoms with van der Waals surface area (Å²) in [5.74, 6) is 0. The van der Waals surface area contributed by atoms with E-state index in [-0.39, 0.29) is 0 Å². The van der Waals surface area contributed by atoms with Crippen LogP contribution in [0.4, 0.5) is 0 Å². The van der Waals surface area contributed by atoms with Crippen molar-refractivity contribution in [3.63, 3.8) is 0 Å². The largest absolute Gasteiger partial charge is 0.314 e. The van der Waals surface area contributed by atoms with Crippen LogP contribution < -0.4 is 5.32 Å². The van der Waals surface area contributed by atoms with Crippen LogP contribution in [0.15, 0.2) is 35.7 Å². The Morgan fingerprint density at radius 3 is 2.94 bits per heavy atom. The van der Waals surface area contributed by atoms with Gasteiger partial charge < -0.3 is 5.32 Å². The molecule has 0 saturated heterocycles. The molecule has 0 amide bonds. The predicted molar refractivity (Wildman–Crippen MR) is 83.2 cm³/mol. The standard InChI is InChI=1S/C16H21NS/c1-12(2)17-10-5-6-13(3)15-8-4-7-14-9-11-18-16(14)15/h4,6-9,11-12,17H,5,10H2,1-3H3/b13-6-. The molecule has 0 bridgehead atoms. The zero-order valence-electron chi connectivity index (χ0n) is 11.4. The zero-order chi connectivity index (χ0) is 13.0. The van der Waals surface area contributed by atoms with Crippen molar-refractivity contribution >= 4 is 27.0 Å². The van der Waals surface area contributed by atoms with Gasteiger partial charge in [-0.2, -0.15) is 0 Å². The van der Waals surface area contributed by atoms with Crippen molar-refractivity contribution in [2.24, 2.45) is 0 Å². The minimum absolute atomic E-state index is 0.569. The summed E-state index contributed by atoms with van der Waals surface area (Å²) in [7, 11) is 0. The molecule has 0 radical (unpaired) electrons. The van der Waals surface area contributed by atoms with E-state index in [9.17, 15) is 0 Å². The van der Waals surface area contributed by atoms with E-state index in [0.717, 1.165) is 13.0 Å². The fourth-order valence-corrected chi connectivity index (χ4v) is 3.05. The first-order valence-corrected chi connectivity index (χ1v) is 7.43. The van der Waals surface area contributed by atoms with Crippen LogP contribution in [0.25, 0.3) is 15.7 Å². The molecule has 18 heavy (non-hydrogen) atoms. The summed E-state index contributed by atoms with van der Waals surface area (Å²) in [5, 5.41) is 6.96. The molecule has 2 heteroatoms. The van der Waals surface area contributed by atoms with Gasteiger partial charge in [0.15, 0.2) is 0 Å². The lowest BCUT2D eigenvalue weighted by Crippen LogP contribution is -2.23. The number of benzene rings is 1. The molecule has 1 N–H and O–H groups in total. The Hall–Kier alpha value is -1.12. The number of nitrogens with one attached hydrogen (secondary N) is 1. The quantitative estimate of drug-likeness (QED) is 0.768. The fourth-order valence-electron chi connectivity index (χ4n) is 2.07. The average Bonchev–Trinajstić information content (AvgIpc) is 2.82. The summed E-state index contributed by atoms with van der Waals surface area (Å²) < 4.78 is 1.41. The van der Waals surface area contributed by atoms with Crippen LogP contribution in [0.3, 0.4) is 0 Å². The van der Waals surface area contributed by atoms with Crippen LogP contribution >= 0.6 is 11.3 Å². The molecule has 1 aromatic heterocycles. The number of hydrogen-bond acceptors (Lipinski definition) is 2. The van der Waals surface area contributed by atoms with Gasteiger partial charge in [-0.1, -0.05) is 38.1 Å². The van der Waals surface area contributed by atoms with E-state index >= 15 is 0 Å². The van der Waals surface area contributed by atoms with Crippen molar-refractivity contribution in [2.45, 2.75) is 33.2 Å². The summed E-state index contributed by atoms with van der Waals surface area (Å²) in [5.41, 5.74) is 2.76. The number of hydrogen-bond donors (Lipinski definition) is 1. The van der Waals surface area contributed by atoms with E-state index in [2.05, 4.69) is 61.8 Å². The van der Waals surface area contributed by atoms with E-state index in [4.69, 9.17) is 0 Å². The highest BCUT2D eigenvalue weighted by Gasteiger charge is 2.03. The SMILES string of the molecule is C/C(=C/CCNC(C)C)c1cccc2ccsc12. The number of thiophene rings is 1. The molecule has 0 saturated carbocycles. The smallest absolute Gasteiger partial charge is 0.0417 e. The van der Waals surface area contributed by atoms with Gasteiger partial charge in [0.1, 0.15) is 0 Å². The first kappa shape index (κ1) is 13.3. The normalized spacial score (nSPS) is 12.6. The Labute approximate surface area is 114 Å². The van der Waals surface area contributed by atoms with Gasteiger partial charge >= 0.3 is 0 Å². The molecule has 0 spiro atoms. The lowest BCUT2D eigenvalue weighted by Gasteiger charge is -2.07. The molecule has 0 unspecified atom stereocenters. The summed E-state index contributed by atoms with van der Waals surface area (Å²) in [6.45, 7) is 7.63. The topological polar surface area (TPSA) is 12.0 Å². The van der Waals surface area contributed by atoms with Gasteiger partial charge in [0.2, 0.25) is 0 Å². The highest BCUT2D eigenvalue weighted by molar-refractivity contribution is 7.17. The summed E-state index contributed by atoms with van der Waals surface area (Å²) in [6, 6.07) is 9.31. The highest BCUT2D eigenvalue weighted by atomic mass is 32.1. The van der Waals surface area contributed by atoms with Crippen molar-refractivity contribution in [1.82, 2.24) is 5.32 Å². The first-order valence-electron chi connectivity index (χ1n) is 6.55. The molecule has 0 aliphatic heterocycles. The van der Waals surface area contributed by atoms with Crippen molar-refractivity contribution in [1.29, 1.82) is 0 Å². The lowest BCUT2D eigenvalue weighted by molar-refractivity contribution is 0.595. The monoisotopic (exact) mass is 259 g/mol. The second-order valence-corrected chi connectivity index (χ2v) is 5.85. The number of rotatable bonds is 5. The number of allylic oxidation sites excluding steroid dienone is 1. The van der Waals surface area contributed by atoms with Gasteiger partial charge in [0, 0.05) is 10.7 Å². The average molecular weight is 259 g/mol. The second-order valence-electron chi connectivity index (χ2n) is 4.93. The Balaban J connectivity index is 2.10. The fraction of sp³-hybridized carbons (Fsp3) is 0.375. The Morgan fingerprint density at radius 1 is 1.33 bits per heavy atom. The van der Waals surface area contributed by atoms with E-state index in [0.29, 0.717) is 6.04 Å². The van der Waals surface area contributed by atoms with Crippen LogP contribution in [0.1, 0.15) is 32.8 Å². The molecule has 1 heterocycles. The third kappa shape index (κ3) is 3.21. The van der Waals surface area contributed by atoms with Gasteiger partial charge in [-0.05, 0) is 47.9 Å². The summed E-state index contributed by atoms with van der Waals surface area (Å²) >= 11 is 1.83. The van der Waals surface area contributed by atoms with Crippen LogP contribution in [-0.2, 0) is 0 Å². The third-order valence-corrected chi connectivity index (χ3v) is 4.01. The maximum Gasteiger partial charge on any atom is 0.0417 e. The lowest BCUT2D eigenvalue weighted by atomic mass is 10.0. The van der Waals surface area contributed by atoms with Crippen LogP contribution in [-0.4, -0.2) is 12.6 Å². The maximum atomic E-state index is 3.44. The minimum Gasteiger partial charge on any atom is -0.314 e. The van der Waals surface area contributed by atoms with Crippen LogP contribution in [0, 0.1) is 0 Å². The van der Waals surface area contributed by atoms with Gasteiger partial charge in [-0.15, -0.1) is 11.3 Å². The van der Waals surface area contributed by atoms with Crippen LogP contribution in [0.2, 0.25) is 0 Å². The number of fused-ring (bicyclic) bond motifs is 1. The maximum absolute atomic E-state index is 3.44. The van der Waals surface area contributed by atoms with Gasteiger partial charge in [-0.3, -0.25) is 0 Å². The van der Waals surface area contributed by atoms with Gasteiger partial charge in [0.25, 0.3) is 0 Å². The van der Waals surface area contributed by atoms with E-state index < -0.39 is 0 Å².